The van der Waals surface area contributed by atoms with Crippen molar-refractivity contribution in [1.29, 1.82) is 0 Å². The highest BCUT2D eigenvalue weighted by Gasteiger charge is 2.15. The van der Waals surface area contributed by atoms with E-state index in [1.54, 1.807) is 25.1 Å². The molecule has 0 heterocycles. The first kappa shape index (κ1) is 14.8. The third-order valence-corrected chi connectivity index (χ3v) is 3.39. The van der Waals surface area contributed by atoms with Crippen molar-refractivity contribution in [2.24, 2.45) is 0 Å². The maximum atomic E-state index is 11.6. The highest BCUT2D eigenvalue weighted by Crippen LogP contribution is 2.25. The quantitative estimate of drug-likeness (QED) is 0.795. The van der Waals surface area contributed by atoms with Gasteiger partial charge in [0, 0.05) is 17.2 Å². The molecule has 0 aliphatic carbocycles. The lowest BCUT2D eigenvalue weighted by Gasteiger charge is -2.14. The number of halogens is 2. The van der Waals surface area contributed by atoms with Gasteiger partial charge in [-0.15, -0.1) is 0 Å². The lowest BCUT2D eigenvalue weighted by Crippen LogP contribution is -2.44. The lowest BCUT2D eigenvalue weighted by atomic mass is 10.2. The predicted molar refractivity (Wildman–Crippen MR) is 74.8 cm³/mol. The number of carbonyl (C=O) groups excluding carboxylic acids is 2. The summed E-state index contributed by atoms with van der Waals surface area (Å²) in [5.74, 6) is -0.423. The average Bonchev–Trinajstić information content (AvgIpc) is 2.33. The summed E-state index contributed by atoms with van der Waals surface area (Å²) in [6, 6.07) is 4.14. The second-order valence-electron chi connectivity index (χ2n) is 3.56. The largest absolute Gasteiger partial charge is 0.374 e. The Balaban J connectivity index is 2.63. The molecule has 98 valence electrons. The molecule has 3 amide bonds. The number of nitrogens with one attached hydrogen (secondary N) is 3. The van der Waals surface area contributed by atoms with Crippen LogP contribution in [0.1, 0.15) is 6.92 Å². The van der Waals surface area contributed by atoms with E-state index in [2.05, 4.69) is 31.9 Å². The van der Waals surface area contributed by atoms with Crippen molar-refractivity contribution in [3.05, 3.63) is 27.7 Å². The minimum absolute atomic E-state index is 0.423. The van der Waals surface area contributed by atoms with Crippen LogP contribution < -0.4 is 16.0 Å². The van der Waals surface area contributed by atoms with Gasteiger partial charge in [0.05, 0.1) is 5.02 Å². The first-order chi connectivity index (χ1) is 8.43. The van der Waals surface area contributed by atoms with Gasteiger partial charge in [0.25, 0.3) is 0 Å². The number of hydrogen-bond acceptors (Lipinski definition) is 3. The summed E-state index contributed by atoms with van der Waals surface area (Å²) in [7, 11) is 1.44. The van der Waals surface area contributed by atoms with Gasteiger partial charge in [-0.2, -0.15) is 0 Å². The second-order valence-corrected chi connectivity index (χ2v) is 4.82. The van der Waals surface area contributed by atoms with E-state index >= 15 is 0 Å². The number of imide groups is 1. The van der Waals surface area contributed by atoms with Crippen LogP contribution in [0.5, 0.6) is 0 Å². The third-order valence-electron chi connectivity index (χ3n) is 2.16. The maximum absolute atomic E-state index is 11.6. The number of rotatable bonds is 3. The van der Waals surface area contributed by atoms with Crippen LogP contribution in [0.15, 0.2) is 22.7 Å². The van der Waals surface area contributed by atoms with Gasteiger partial charge in [0.2, 0.25) is 5.91 Å². The van der Waals surface area contributed by atoms with Crippen LogP contribution in [-0.2, 0) is 4.79 Å². The number of urea groups is 1. The van der Waals surface area contributed by atoms with Crippen LogP contribution in [0.25, 0.3) is 0 Å². The van der Waals surface area contributed by atoms with Gasteiger partial charge < -0.3 is 10.6 Å². The van der Waals surface area contributed by atoms with E-state index in [9.17, 15) is 9.59 Å². The van der Waals surface area contributed by atoms with E-state index in [-0.39, 0.29) is 0 Å². The molecule has 0 spiro atoms. The molecule has 7 heteroatoms. The average molecular weight is 335 g/mol. The van der Waals surface area contributed by atoms with E-state index in [1.165, 1.54) is 7.05 Å². The molecule has 0 aliphatic rings. The number of anilines is 1. The topological polar surface area (TPSA) is 70.2 Å². The molecule has 3 N–H and O–H groups in total. The fraction of sp³-hybridized carbons (Fsp3) is 0.273. The minimum atomic E-state index is -0.556. The number of carbonyl (C=O) groups is 2. The minimum Gasteiger partial charge on any atom is -0.374 e. The molecule has 0 saturated heterocycles. The monoisotopic (exact) mass is 333 g/mol. The van der Waals surface area contributed by atoms with Gasteiger partial charge in [0.1, 0.15) is 6.04 Å². The Bertz CT molecular complexity index is 468. The van der Waals surface area contributed by atoms with Crippen molar-refractivity contribution in [1.82, 2.24) is 10.6 Å². The molecule has 1 aromatic carbocycles. The molecular formula is C11H13BrClN3O2. The molecule has 1 atom stereocenters. The van der Waals surface area contributed by atoms with Gasteiger partial charge in [-0.3, -0.25) is 10.1 Å². The summed E-state index contributed by atoms with van der Waals surface area (Å²) in [5.41, 5.74) is 0.697. The van der Waals surface area contributed by atoms with Crippen LogP contribution in [0.2, 0.25) is 5.02 Å². The first-order valence-electron chi connectivity index (χ1n) is 5.18. The molecule has 18 heavy (non-hydrogen) atoms. The summed E-state index contributed by atoms with van der Waals surface area (Å²) >= 11 is 9.21. The van der Waals surface area contributed by atoms with Crippen LogP contribution in [0, 0.1) is 0 Å². The van der Waals surface area contributed by atoms with Gasteiger partial charge in [-0.05, 0) is 41.1 Å². The van der Waals surface area contributed by atoms with Crippen LogP contribution in [0.3, 0.4) is 0 Å². The Kier molecular flexibility index (Phi) is 5.43. The van der Waals surface area contributed by atoms with Crippen LogP contribution >= 0.6 is 27.5 Å². The molecule has 5 nitrogen and oxygen atoms in total. The third kappa shape index (κ3) is 4.19. The van der Waals surface area contributed by atoms with Gasteiger partial charge >= 0.3 is 6.03 Å². The Morgan fingerprint density at radius 1 is 1.39 bits per heavy atom. The Morgan fingerprint density at radius 3 is 2.61 bits per heavy atom. The standard InChI is InChI=1S/C11H13BrClN3O2/c1-6(10(17)16-11(18)14-2)15-7-3-4-8(12)9(13)5-7/h3-6,15H,1-2H3,(H2,14,16,17,18). The lowest BCUT2D eigenvalue weighted by molar-refractivity contribution is -0.120. The van der Waals surface area contributed by atoms with Gasteiger partial charge in [0.15, 0.2) is 0 Å². The summed E-state index contributed by atoms with van der Waals surface area (Å²) in [6.45, 7) is 1.65. The fourth-order valence-electron chi connectivity index (χ4n) is 1.18. The van der Waals surface area contributed by atoms with E-state index in [0.717, 1.165) is 4.47 Å². The molecule has 1 rings (SSSR count). The first-order valence-corrected chi connectivity index (χ1v) is 6.35. The second kappa shape index (κ2) is 6.61. The zero-order valence-corrected chi connectivity index (χ0v) is 12.2. The Hall–Kier alpha value is -1.27. The summed E-state index contributed by atoms with van der Waals surface area (Å²) in [4.78, 5) is 22.6. The normalized spacial score (nSPS) is 11.6. The van der Waals surface area contributed by atoms with Crippen molar-refractivity contribution in [3.8, 4) is 0 Å². The van der Waals surface area contributed by atoms with Crippen molar-refractivity contribution in [2.75, 3.05) is 12.4 Å². The summed E-state index contributed by atoms with van der Waals surface area (Å²) < 4.78 is 0.775. The predicted octanol–water partition coefficient (Wildman–Crippen LogP) is 2.36. The smallest absolute Gasteiger partial charge is 0.321 e. The van der Waals surface area contributed by atoms with Crippen molar-refractivity contribution in [3.63, 3.8) is 0 Å². The molecule has 0 aromatic heterocycles. The van der Waals surface area contributed by atoms with Crippen molar-refractivity contribution < 1.29 is 9.59 Å². The van der Waals surface area contributed by atoms with Crippen LogP contribution in [0.4, 0.5) is 10.5 Å². The SMILES string of the molecule is CNC(=O)NC(=O)C(C)Nc1ccc(Br)c(Cl)c1. The molecule has 0 aliphatic heterocycles. The van der Waals surface area contributed by atoms with Gasteiger partial charge in [-0.25, -0.2) is 4.79 Å². The number of benzene rings is 1. The molecular weight excluding hydrogens is 321 g/mol. The fourth-order valence-corrected chi connectivity index (χ4v) is 1.61. The number of hydrogen-bond donors (Lipinski definition) is 3. The molecule has 0 radical (unpaired) electrons. The highest BCUT2D eigenvalue weighted by molar-refractivity contribution is 9.10. The van der Waals surface area contributed by atoms with Crippen LogP contribution in [-0.4, -0.2) is 25.0 Å². The zero-order valence-electron chi connectivity index (χ0n) is 9.88. The van der Waals surface area contributed by atoms with E-state index < -0.39 is 18.0 Å². The molecule has 0 bridgehead atoms. The summed E-state index contributed by atoms with van der Waals surface area (Å²) in [6.07, 6.45) is 0. The van der Waals surface area contributed by atoms with Crippen molar-refractivity contribution >= 4 is 45.2 Å². The highest BCUT2D eigenvalue weighted by atomic mass is 79.9. The summed E-state index contributed by atoms with van der Waals surface area (Å²) in [5, 5.41) is 7.97. The van der Waals surface area contributed by atoms with E-state index in [0.29, 0.717) is 10.7 Å². The Labute approximate surface area is 118 Å². The zero-order chi connectivity index (χ0) is 13.7. The molecule has 0 fully saturated rings. The van der Waals surface area contributed by atoms with E-state index in [1.807, 2.05) is 0 Å². The van der Waals surface area contributed by atoms with Crippen molar-refractivity contribution in [2.45, 2.75) is 13.0 Å². The molecule has 1 unspecified atom stereocenters. The maximum Gasteiger partial charge on any atom is 0.321 e. The Morgan fingerprint density at radius 2 is 2.06 bits per heavy atom. The molecule has 1 aromatic rings. The number of amides is 3. The molecule has 0 saturated carbocycles. The van der Waals surface area contributed by atoms with Gasteiger partial charge in [-0.1, -0.05) is 11.6 Å². The van der Waals surface area contributed by atoms with E-state index in [4.69, 9.17) is 11.6 Å².